The second-order valence-electron chi connectivity index (χ2n) is 1.87. The molecule has 0 unspecified atom stereocenters. The Hall–Kier alpha value is -0.780. The first-order chi connectivity index (χ1) is 4.79. The van der Waals surface area contributed by atoms with Crippen LogP contribution in [0.4, 0.5) is 5.69 Å². The number of benzene rings is 1. The van der Waals surface area contributed by atoms with Crippen LogP contribution in [0.5, 0.6) is 0 Å². The van der Waals surface area contributed by atoms with Gasteiger partial charge in [-0.3, -0.25) is 0 Å². The Morgan fingerprint density at radius 2 is 1.64 bits per heavy atom. The maximum absolute atomic E-state index is 5.15. The van der Waals surface area contributed by atoms with Crippen LogP contribution in [0.25, 0.3) is 0 Å². The summed E-state index contributed by atoms with van der Waals surface area (Å²) in [6, 6.07) is 9.33. The molecule has 0 aromatic heterocycles. The molecule has 0 radical (unpaired) electrons. The number of para-hydroxylation sites is 1. The van der Waals surface area contributed by atoms with Gasteiger partial charge in [0.1, 0.15) is 0 Å². The molecule has 4 heteroatoms. The van der Waals surface area contributed by atoms with Crippen molar-refractivity contribution in [2.24, 2.45) is 16.5 Å². The fourth-order valence-electron chi connectivity index (χ4n) is 0.652. The minimum Gasteiger partial charge on any atom is -0.370 e. The molecule has 1 aromatic rings. The van der Waals surface area contributed by atoms with Crippen molar-refractivity contribution in [3.05, 3.63) is 30.3 Å². The summed E-state index contributed by atoms with van der Waals surface area (Å²) in [5, 5.41) is 0. The van der Waals surface area contributed by atoms with Crippen molar-refractivity contribution in [2.45, 2.75) is 0 Å². The molecular weight excluding hydrogens is 253 g/mol. The SMILES string of the molecule is I.NC(N)=Nc1ccccc1. The molecule has 3 nitrogen and oxygen atoms in total. The predicted octanol–water partition coefficient (Wildman–Crippen LogP) is 1.21. The summed E-state index contributed by atoms with van der Waals surface area (Å²) in [6.07, 6.45) is 0. The summed E-state index contributed by atoms with van der Waals surface area (Å²) in [5.74, 6) is 0.0891. The van der Waals surface area contributed by atoms with Crippen LogP contribution in [0.3, 0.4) is 0 Å². The van der Waals surface area contributed by atoms with Crippen LogP contribution in [0.1, 0.15) is 0 Å². The smallest absolute Gasteiger partial charge is 0.191 e. The summed E-state index contributed by atoms with van der Waals surface area (Å²) in [5.41, 5.74) is 11.1. The number of aliphatic imine (C=N–C) groups is 1. The van der Waals surface area contributed by atoms with Crippen molar-refractivity contribution in [1.82, 2.24) is 0 Å². The lowest BCUT2D eigenvalue weighted by Crippen LogP contribution is -2.21. The van der Waals surface area contributed by atoms with Gasteiger partial charge in [-0.2, -0.15) is 0 Å². The Morgan fingerprint density at radius 3 is 2.09 bits per heavy atom. The van der Waals surface area contributed by atoms with Crippen molar-refractivity contribution in [1.29, 1.82) is 0 Å². The molecule has 1 rings (SSSR count). The second-order valence-corrected chi connectivity index (χ2v) is 1.87. The topological polar surface area (TPSA) is 64.4 Å². The minimum atomic E-state index is 0. The van der Waals surface area contributed by atoms with Gasteiger partial charge in [-0.05, 0) is 12.1 Å². The molecule has 0 atom stereocenters. The van der Waals surface area contributed by atoms with E-state index in [0.717, 1.165) is 5.69 Å². The summed E-state index contributed by atoms with van der Waals surface area (Å²) in [7, 11) is 0. The highest BCUT2D eigenvalue weighted by molar-refractivity contribution is 14.0. The van der Waals surface area contributed by atoms with Crippen LogP contribution < -0.4 is 11.5 Å². The zero-order valence-electron chi connectivity index (χ0n) is 5.90. The molecule has 0 bridgehead atoms. The highest BCUT2D eigenvalue weighted by Crippen LogP contribution is 2.07. The Labute approximate surface area is 82.5 Å². The number of hydrogen-bond donors (Lipinski definition) is 2. The van der Waals surface area contributed by atoms with Crippen molar-refractivity contribution in [3.8, 4) is 0 Å². The molecule has 0 spiro atoms. The number of nitrogens with zero attached hydrogens (tertiary/aromatic N) is 1. The summed E-state index contributed by atoms with van der Waals surface area (Å²) >= 11 is 0. The van der Waals surface area contributed by atoms with Crippen LogP contribution in [-0.2, 0) is 0 Å². The maximum atomic E-state index is 5.15. The van der Waals surface area contributed by atoms with Gasteiger partial charge in [-0.1, -0.05) is 18.2 Å². The van der Waals surface area contributed by atoms with Crippen LogP contribution in [0.2, 0.25) is 0 Å². The van der Waals surface area contributed by atoms with Gasteiger partial charge in [0, 0.05) is 0 Å². The third kappa shape index (κ3) is 3.82. The molecule has 0 aliphatic carbocycles. The lowest BCUT2D eigenvalue weighted by Gasteiger charge is -1.91. The highest BCUT2D eigenvalue weighted by atomic mass is 127. The van der Waals surface area contributed by atoms with Gasteiger partial charge in [0.15, 0.2) is 5.96 Å². The molecule has 0 heterocycles. The molecule has 0 saturated carbocycles. The Bertz CT molecular complexity index is 229. The van der Waals surface area contributed by atoms with Crippen LogP contribution >= 0.6 is 24.0 Å². The van der Waals surface area contributed by atoms with Gasteiger partial charge in [0.25, 0.3) is 0 Å². The minimum absolute atomic E-state index is 0. The second kappa shape index (κ2) is 4.95. The fourth-order valence-corrected chi connectivity index (χ4v) is 0.652. The van der Waals surface area contributed by atoms with Crippen molar-refractivity contribution >= 4 is 35.6 Å². The number of guanidine groups is 1. The number of rotatable bonds is 1. The van der Waals surface area contributed by atoms with Crippen LogP contribution in [-0.4, -0.2) is 5.96 Å². The van der Waals surface area contributed by atoms with E-state index in [9.17, 15) is 0 Å². The Morgan fingerprint density at radius 1 is 1.09 bits per heavy atom. The monoisotopic (exact) mass is 263 g/mol. The third-order valence-electron chi connectivity index (χ3n) is 1.01. The molecular formula is C7H10IN3. The summed E-state index contributed by atoms with van der Waals surface area (Å²) in [6.45, 7) is 0. The number of halogens is 1. The van der Waals surface area contributed by atoms with Gasteiger partial charge in [0.2, 0.25) is 0 Å². The van der Waals surface area contributed by atoms with Crippen LogP contribution in [0.15, 0.2) is 35.3 Å². The number of hydrogen-bond acceptors (Lipinski definition) is 1. The normalized spacial score (nSPS) is 8.00. The quantitative estimate of drug-likeness (QED) is 0.454. The van der Waals surface area contributed by atoms with E-state index in [1.54, 1.807) is 0 Å². The fraction of sp³-hybridized carbons (Fsp3) is 0. The van der Waals surface area contributed by atoms with Crippen molar-refractivity contribution in [2.75, 3.05) is 0 Å². The predicted molar refractivity (Wildman–Crippen MR) is 57.3 cm³/mol. The first-order valence-corrected chi connectivity index (χ1v) is 2.94. The van der Waals surface area contributed by atoms with E-state index >= 15 is 0 Å². The van der Waals surface area contributed by atoms with E-state index in [1.165, 1.54) is 0 Å². The zero-order chi connectivity index (χ0) is 7.40. The largest absolute Gasteiger partial charge is 0.370 e. The van der Waals surface area contributed by atoms with E-state index in [4.69, 9.17) is 11.5 Å². The molecule has 4 N–H and O–H groups in total. The standard InChI is InChI=1S/C7H9N3.HI/c8-7(9)10-6-4-2-1-3-5-6;/h1-5H,(H4,8,9,10);1H. The molecule has 1 aromatic carbocycles. The third-order valence-corrected chi connectivity index (χ3v) is 1.01. The van der Waals surface area contributed by atoms with Gasteiger partial charge >= 0.3 is 0 Å². The Balaban J connectivity index is 0.000001000. The Kier molecular flexibility index (Phi) is 4.60. The van der Waals surface area contributed by atoms with Crippen LogP contribution in [0, 0.1) is 0 Å². The summed E-state index contributed by atoms with van der Waals surface area (Å²) < 4.78 is 0. The lowest BCUT2D eigenvalue weighted by molar-refractivity contribution is 1.42. The van der Waals surface area contributed by atoms with E-state index in [2.05, 4.69) is 4.99 Å². The van der Waals surface area contributed by atoms with Crippen molar-refractivity contribution < 1.29 is 0 Å². The first kappa shape index (κ1) is 10.2. The molecule has 60 valence electrons. The molecule has 11 heavy (non-hydrogen) atoms. The lowest BCUT2D eigenvalue weighted by atomic mass is 10.3. The first-order valence-electron chi connectivity index (χ1n) is 2.94. The van der Waals surface area contributed by atoms with E-state index < -0.39 is 0 Å². The van der Waals surface area contributed by atoms with E-state index in [0.29, 0.717) is 0 Å². The van der Waals surface area contributed by atoms with Gasteiger partial charge in [0.05, 0.1) is 5.69 Å². The maximum Gasteiger partial charge on any atom is 0.191 e. The van der Waals surface area contributed by atoms with E-state index in [-0.39, 0.29) is 29.9 Å². The molecule has 0 saturated heterocycles. The molecule has 0 fully saturated rings. The van der Waals surface area contributed by atoms with Gasteiger partial charge in [-0.25, -0.2) is 4.99 Å². The zero-order valence-corrected chi connectivity index (χ0v) is 8.23. The molecule has 0 aliphatic heterocycles. The van der Waals surface area contributed by atoms with E-state index in [1.807, 2.05) is 30.3 Å². The summed E-state index contributed by atoms with van der Waals surface area (Å²) in [4.78, 5) is 3.83. The average molecular weight is 263 g/mol. The molecule has 0 amide bonds. The molecule has 0 aliphatic rings. The van der Waals surface area contributed by atoms with Crippen molar-refractivity contribution in [3.63, 3.8) is 0 Å². The van der Waals surface area contributed by atoms with Gasteiger partial charge < -0.3 is 11.5 Å². The average Bonchev–Trinajstić information content (AvgIpc) is 1.88. The number of nitrogens with two attached hydrogens (primary N) is 2. The highest BCUT2D eigenvalue weighted by Gasteiger charge is 1.83. The van der Waals surface area contributed by atoms with Gasteiger partial charge in [-0.15, -0.1) is 24.0 Å².